The Labute approximate surface area is 52.6 Å². The van der Waals surface area contributed by atoms with Crippen molar-refractivity contribution < 1.29 is 7.96 Å². The van der Waals surface area contributed by atoms with Gasteiger partial charge in [-0.3, -0.25) is 0 Å². The van der Waals surface area contributed by atoms with E-state index in [1.807, 2.05) is 0 Å². The van der Waals surface area contributed by atoms with E-state index in [9.17, 15) is 0 Å². The van der Waals surface area contributed by atoms with Gasteiger partial charge in [-0.15, -0.1) is 0 Å². The molecule has 0 amide bonds. The minimum atomic E-state index is -0.167. The molecule has 0 spiro atoms. The molecule has 0 fully saturated rings. The molecule has 0 radical (unpaired) electrons. The molecule has 0 aromatic heterocycles. The molecule has 3 heteroatoms. The van der Waals surface area contributed by atoms with Crippen molar-refractivity contribution in [3.05, 3.63) is 0 Å². The van der Waals surface area contributed by atoms with Gasteiger partial charge in [0, 0.05) is 6.10 Å². The van der Waals surface area contributed by atoms with E-state index < -0.39 is 0 Å². The van der Waals surface area contributed by atoms with Gasteiger partial charge in [-0.1, -0.05) is 0 Å². The molecule has 0 atom stereocenters. The Kier molecular flexibility index (Phi) is 15.0. The fourth-order valence-electron chi connectivity index (χ4n) is 0. The second-order valence-corrected chi connectivity index (χ2v) is 1.09. The van der Waals surface area contributed by atoms with Gasteiger partial charge in [-0.05, 0) is 13.8 Å². The van der Waals surface area contributed by atoms with Gasteiger partial charge in [0.15, 0.2) is 0 Å². The molecule has 2 nitrogen and oxygen atoms in total. The van der Waals surface area contributed by atoms with Crippen LogP contribution >= 0.6 is 0 Å². The van der Waals surface area contributed by atoms with Crippen LogP contribution in [0.1, 0.15) is 13.8 Å². The van der Waals surface area contributed by atoms with Crippen molar-refractivity contribution in [2.75, 3.05) is 0 Å². The Bertz CT molecular complexity index is 20.0. The molecule has 36 valence electrons. The molecule has 0 unspecified atom stereocenters. The van der Waals surface area contributed by atoms with Crippen LogP contribution in [0.15, 0.2) is 0 Å². The second kappa shape index (κ2) is 9.16. The first-order valence-electron chi connectivity index (χ1n) is 1.70. The first-order chi connectivity index (χ1) is 2.73. The molecule has 0 aromatic rings. The van der Waals surface area contributed by atoms with E-state index in [-0.39, 0.29) is 30.5 Å². The number of hydrogen-bond donors (Lipinski definition) is 1. The molecule has 0 heterocycles. The maximum atomic E-state index is 8.42. The van der Waals surface area contributed by atoms with Crippen LogP contribution in [-0.2, 0) is 2.85 Å². The van der Waals surface area contributed by atoms with E-state index in [1.54, 1.807) is 13.8 Å². The molecular formula is C3H9InO2. The Balaban J connectivity index is 0. The molecular weight excluding hydrogens is 183 g/mol. The third-order valence-electron chi connectivity index (χ3n) is 0. The first kappa shape index (κ1) is 9.80. The van der Waals surface area contributed by atoms with Crippen molar-refractivity contribution in [1.82, 2.24) is 0 Å². The summed E-state index contributed by atoms with van der Waals surface area (Å²) in [7, 11) is 0. The Morgan fingerprint density at radius 2 is 1.50 bits per heavy atom. The molecule has 0 saturated heterocycles. The van der Waals surface area contributed by atoms with Crippen molar-refractivity contribution in [3.63, 3.8) is 0 Å². The van der Waals surface area contributed by atoms with Gasteiger partial charge in [0.05, 0.1) is 0 Å². The summed E-state index contributed by atoms with van der Waals surface area (Å²) in [6, 6.07) is 0. The summed E-state index contributed by atoms with van der Waals surface area (Å²) in [4.78, 5) is 0. The van der Waals surface area contributed by atoms with E-state index in [1.165, 1.54) is 0 Å². The topological polar surface area (TPSA) is 37.3 Å². The van der Waals surface area contributed by atoms with Crippen LogP contribution in [0.2, 0.25) is 0 Å². The van der Waals surface area contributed by atoms with Gasteiger partial charge in [0.2, 0.25) is 0 Å². The van der Waals surface area contributed by atoms with Crippen LogP contribution in [-0.4, -0.2) is 35.6 Å². The van der Waals surface area contributed by atoms with Crippen LogP contribution < -0.4 is 0 Å². The van der Waals surface area contributed by atoms with Crippen LogP contribution in [0.3, 0.4) is 0 Å². The third kappa shape index (κ3) is 154. The molecule has 0 aliphatic rings. The van der Waals surface area contributed by atoms with Gasteiger partial charge >= 0.3 is 27.2 Å². The summed E-state index contributed by atoms with van der Waals surface area (Å²) in [5.41, 5.74) is 0. The number of rotatable bonds is 0. The normalized spacial score (nSPS) is 6.50. The molecule has 0 rings (SSSR count). The Morgan fingerprint density at radius 3 is 1.50 bits per heavy atom. The summed E-state index contributed by atoms with van der Waals surface area (Å²) in [6.45, 7) is 3.44. The van der Waals surface area contributed by atoms with Crippen LogP contribution in [0.5, 0.6) is 0 Å². The van der Waals surface area contributed by atoms with Crippen molar-refractivity contribution >= 4 is 24.4 Å². The predicted octanol–water partition coefficient (Wildman–Crippen LogP) is -0.380. The first-order valence-corrected chi connectivity index (χ1v) is 3.35. The zero-order valence-corrected chi connectivity index (χ0v) is 8.18. The standard InChI is InChI=1S/C3H8O.In.O.H/c1-3(2)4;;;/h3-4H,1-2H3;;;. The van der Waals surface area contributed by atoms with Gasteiger partial charge in [0.1, 0.15) is 0 Å². The quantitative estimate of drug-likeness (QED) is 0.567. The van der Waals surface area contributed by atoms with E-state index in [0.717, 1.165) is 0 Å². The summed E-state index contributed by atoms with van der Waals surface area (Å²) < 4.78 is 8.42. The zero-order valence-electron chi connectivity index (χ0n) is 4.14. The van der Waals surface area contributed by atoms with Gasteiger partial charge in [-0.2, -0.15) is 0 Å². The molecule has 0 bridgehead atoms. The molecule has 0 saturated carbocycles. The van der Waals surface area contributed by atoms with E-state index in [4.69, 9.17) is 7.96 Å². The van der Waals surface area contributed by atoms with E-state index >= 15 is 0 Å². The van der Waals surface area contributed by atoms with Crippen molar-refractivity contribution in [2.45, 2.75) is 20.0 Å². The zero-order chi connectivity index (χ0) is 5.58. The summed E-state index contributed by atoms with van der Waals surface area (Å²) in [5.74, 6) is 0. The Morgan fingerprint density at radius 1 is 1.50 bits per heavy atom. The van der Waals surface area contributed by atoms with Crippen LogP contribution in [0, 0.1) is 0 Å². The van der Waals surface area contributed by atoms with Gasteiger partial charge < -0.3 is 5.11 Å². The summed E-state index contributed by atoms with van der Waals surface area (Å²) >= 11 is -0.1000. The van der Waals surface area contributed by atoms with Crippen LogP contribution in [0.25, 0.3) is 0 Å². The molecule has 1 N–H and O–H groups in total. The maximum absolute atomic E-state index is 8.42. The van der Waals surface area contributed by atoms with Gasteiger partial charge in [-0.25, -0.2) is 0 Å². The number of aliphatic hydroxyl groups excluding tert-OH is 1. The fourth-order valence-corrected chi connectivity index (χ4v) is 0. The van der Waals surface area contributed by atoms with E-state index in [2.05, 4.69) is 0 Å². The summed E-state index contributed by atoms with van der Waals surface area (Å²) in [5, 5.41) is 8.06. The minimum absolute atomic E-state index is 0.1000. The Hall–Kier alpha value is 0.630. The predicted molar refractivity (Wildman–Crippen MR) is 25.2 cm³/mol. The number of hydrogen-bond acceptors (Lipinski definition) is 2. The van der Waals surface area contributed by atoms with Crippen LogP contribution in [0.4, 0.5) is 0 Å². The van der Waals surface area contributed by atoms with E-state index in [0.29, 0.717) is 0 Å². The molecule has 0 aromatic carbocycles. The van der Waals surface area contributed by atoms with Crippen molar-refractivity contribution in [1.29, 1.82) is 0 Å². The fraction of sp³-hybridized carbons (Fsp3) is 1.00. The summed E-state index contributed by atoms with van der Waals surface area (Å²) in [6.07, 6.45) is -0.167. The molecule has 6 heavy (non-hydrogen) atoms. The average Bonchev–Trinajstić information content (AvgIpc) is 1.41. The molecule has 0 aliphatic carbocycles. The number of aliphatic hydroxyl groups is 1. The second-order valence-electron chi connectivity index (χ2n) is 1.09. The average molecular weight is 192 g/mol. The van der Waals surface area contributed by atoms with Crippen molar-refractivity contribution in [3.8, 4) is 0 Å². The van der Waals surface area contributed by atoms with Gasteiger partial charge in [0.25, 0.3) is 0 Å². The molecule has 0 aliphatic heterocycles. The van der Waals surface area contributed by atoms with Crippen molar-refractivity contribution in [2.24, 2.45) is 0 Å². The monoisotopic (exact) mass is 192 g/mol. The SMILES string of the molecule is CC(C)O.[O]=[InH]. The third-order valence-corrected chi connectivity index (χ3v) is 0.